The second kappa shape index (κ2) is 7.86. The number of carbonyl (C=O) groups is 2. The predicted octanol–water partition coefficient (Wildman–Crippen LogP) is 2.14. The van der Waals surface area contributed by atoms with Gasteiger partial charge in [0, 0.05) is 51.1 Å². The maximum Gasteiger partial charge on any atom is 0.255 e. The van der Waals surface area contributed by atoms with Crippen molar-refractivity contribution in [3.8, 4) is 5.75 Å². The van der Waals surface area contributed by atoms with E-state index in [0.717, 1.165) is 17.1 Å². The van der Waals surface area contributed by atoms with Crippen LogP contribution in [0.2, 0.25) is 0 Å². The molecule has 2 aromatic rings. The van der Waals surface area contributed by atoms with E-state index in [0.29, 0.717) is 31.7 Å². The second-order valence-electron chi connectivity index (χ2n) is 6.12. The highest BCUT2D eigenvalue weighted by molar-refractivity contribution is 5.95. The van der Waals surface area contributed by atoms with E-state index >= 15 is 0 Å². The Morgan fingerprint density at radius 3 is 2.46 bits per heavy atom. The molecule has 0 radical (unpaired) electrons. The number of hydrogen-bond acceptors (Lipinski definition) is 5. The van der Waals surface area contributed by atoms with E-state index in [9.17, 15) is 9.59 Å². The summed E-state index contributed by atoms with van der Waals surface area (Å²) in [7, 11) is 1.62. The van der Waals surface area contributed by atoms with Gasteiger partial charge in [-0.3, -0.25) is 14.6 Å². The van der Waals surface area contributed by atoms with Gasteiger partial charge in [-0.2, -0.15) is 0 Å². The Bertz CT molecular complexity index is 801. The van der Waals surface area contributed by atoms with Gasteiger partial charge >= 0.3 is 0 Å². The highest BCUT2D eigenvalue weighted by atomic mass is 16.5. The van der Waals surface area contributed by atoms with Gasteiger partial charge < -0.3 is 19.9 Å². The molecule has 2 amide bonds. The van der Waals surface area contributed by atoms with Crippen LogP contribution in [0.1, 0.15) is 17.3 Å². The number of nitrogens with one attached hydrogen (secondary N) is 1. The summed E-state index contributed by atoms with van der Waals surface area (Å²) in [5, 5.41) is 3.23. The monoisotopic (exact) mass is 354 g/mol. The Labute approximate surface area is 152 Å². The summed E-state index contributed by atoms with van der Waals surface area (Å²) < 4.78 is 5.21. The van der Waals surface area contributed by atoms with E-state index in [-0.39, 0.29) is 11.8 Å². The van der Waals surface area contributed by atoms with Gasteiger partial charge in [-0.15, -0.1) is 0 Å². The van der Waals surface area contributed by atoms with E-state index in [4.69, 9.17) is 4.74 Å². The molecule has 0 atom stereocenters. The standard InChI is InChI=1S/C19H22N4O3/c1-14(24)22-6-8-23(9-7-22)19(25)15-10-17(13-20-12-15)21-16-4-3-5-18(11-16)26-2/h3-5,10-13,21H,6-9H2,1-2H3. The summed E-state index contributed by atoms with van der Waals surface area (Å²) in [6.45, 7) is 3.75. The molecule has 1 fully saturated rings. The zero-order valence-electron chi connectivity index (χ0n) is 14.9. The average molecular weight is 354 g/mol. The largest absolute Gasteiger partial charge is 0.497 e. The Kier molecular flexibility index (Phi) is 5.36. The number of ether oxygens (including phenoxy) is 1. The van der Waals surface area contributed by atoms with Gasteiger partial charge in [0.05, 0.1) is 24.6 Å². The number of anilines is 2. The number of pyridine rings is 1. The van der Waals surface area contributed by atoms with E-state index in [1.54, 1.807) is 42.3 Å². The first-order valence-electron chi connectivity index (χ1n) is 8.48. The van der Waals surface area contributed by atoms with E-state index in [1.165, 1.54) is 0 Å². The van der Waals surface area contributed by atoms with Crippen LogP contribution in [0.15, 0.2) is 42.7 Å². The van der Waals surface area contributed by atoms with Gasteiger partial charge in [-0.1, -0.05) is 6.07 Å². The van der Waals surface area contributed by atoms with Gasteiger partial charge in [0.15, 0.2) is 0 Å². The lowest BCUT2D eigenvalue weighted by Gasteiger charge is -2.34. The zero-order valence-corrected chi connectivity index (χ0v) is 14.9. The van der Waals surface area contributed by atoms with Gasteiger partial charge in [0.2, 0.25) is 5.91 Å². The van der Waals surface area contributed by atoms with Gasteiger partial charge in [0.1, 0.15) is 5.75 Å². The first kappa shape index (κ1) is 17.7. The number of rotatable bonds is 4. The Hall–Kier alpha value is -3.09. The predicted molar refractivity (Wildman–Crippen MR) is 98.7 cm³/mol. The minimum absolute atomic E-state index is 0.0447. The number of benzene rings is 1. The molecule has 7 nitrogen and oxygen atoms in total. The maximum absolute atomic E-state index is 12.7. The minimum atomic E-state index is -0.0741. The summed E-state index contributed by atoms with van der Waals surface area (Å²) >= 11 is 0. The molecule has 1 aliphatic rings. The number of hydrogen-bond donors (Lipinski definition) is 1. The lowest BCUT2D eigenvalue weighted by atomic mass is 10.2. The van der Waals surface area contributed by atoms with Gasteiger partial charge in [-0.25, -0.2) is 0 Å². The van der Waals surface area contributed by atoms with Crippen molar-refractivity contribution >= 4 is 23.2 Å². The molecule has 1 N–H and O–H groups in total. The average Bonchev–Trinajstić information content (AvgIpc) is 2.68. The molecule has 0 aliphatic carbocycles. The van der Waals surface area contributed by atoms with Crippen molar-refractivity contribution in [1.82, 2.24) is 14.8 Å². The molecule has 0 saturated carbocycles. The molecule has 1 aromatic heterocycles. The summed E-state index contributed by atoms with van der Waals surface area (Å²) in [6, 6.07) is 9.32. The van der Waals surface area contributed by atoms with Crippen molar-refractivity contribution in [2.24, 2.45) is 0 Å². The molecule has 0 spiro atoms. The quantitative estimate of drug-likeness (QED) is 0.910. The zero-order chi connectivity index (χ0) is 18.5. The number of nitrogens with zero attached hydrogens (tertiary/aromatic N) is 3. The highest BCUT2D eigenvalue weighted by Crippen LogP contribution is 2.22. The smallest absolute Gasteiger partial charge is 0.255 e. The van der Waals surface area contributed by atoms with Crippen LogP contribution in [0.5, 0.6) is 5.75 Å². The topological polar surface area (TPSA) is 74.8 Å². The van der Waals surface area contributed by atoms with Crippen LogP contribution in [0.3, 0.4) is 0 Å². The fourth-order valence-corrected chi connectivity index (χ4v) is 2.90. The van der Waals surface area contributed by atoms with E-state index in [1.807, 2.05) is 24.3 Å². The van der Waals surface area contributed by atoms with Crippen molar-refractivity contribution < 1.29 is 14.3 Å². The Morgan fingerprint density at radius 2 is 1.77 bits per heavy atom. The third-order valence-electron chi connectivity index (χ3n) is 4.36. The van der Waals surface area contributed by atoms with E-state index in [2.05, 4.69) is 10.3 Å². The molecule has 2 heterocycles. The van der Waals surface area contributed by atoms with Crippen molar-refractivity contribution in [2.75, 3.05) is 38.6 Å². The van der Waals surface area contributed by atoms with Crippen molar-refractivity contribution in [3.05, 3.63) is 48.3 Å². The summed E-state index contributed by atoms with van der Waals surface area (Å²) in [4.78, 5) is 31.8. The highest BCUT2D eigenvalue weighted by Gasteiger charge is 2.23. The normalized spacial score (nSPS) is 14.1. The van der Waals surface area contributed by atoms with Crippen LogP contribution in [0.25, 0.3) is 0 Å². The summed E-state index contributed by atoms with van der Waals surface area (Å²) in [5.41, 5.74) is 2.10. The SMILES string of the molecule is COc1cccc(Nc2cncc(C(=O)N3CCN(C(C)=O)CC3)c2)c1. The maximum atomic E-state index is 12.7. The first-order valence-corrected chi connectivity index (χ1v) is 8.48. The lowest BCUT2D eigenvalue weighted by molar-refractivity contribution is -0.130. The van der Waals surface area contributed by atoms with Crippen LogP contribution >= 0.6 is 0 Å². The third-order valence-corrected chi connectivity index (χ3v) is 4.36. The third kappa shape index (κ3) is 4.11. The van der Waals surface area contributed by atoms with Crippen molar-refractivity contribution in [2.45, 2.75) is 6.92 Å². The molecule has 1 saturated heterocycles. The van der Waals surface area contributed by atoms with Crippen LogP contribution in [-0.2, 0) is 4.79 Å². The molecule has 3 rings (SSSR count). The fourth-order valence-electron chi connectivity index (χ4n) is 2.90. The number of carbonyl (C=O) groups excluding carboxylic acids is 2. The van der Waals surface area contributed by atoms with Gasteiger partial charge in [-0.05, 0) is 18.2 Å². The molecule has 136 valence electrons. The summed E-state index contributed by atoms with van der Waals surface area (Å²) in [6.07, 6.45) is 3.24. The van der Waals surface area contributed by atoms with Gasteiger partial charge in [0.25, 0.3) is 5.91 Å². The van der Waals surface area contributed by atoms with Crippen molar-refractivity contribution in [3.63, 3.8) is 0 Å². The van der Waals surface area contributed by atoms with Crippen molar-refractivity contribution in [1.29, 1.82) is 0 Å². The molecular weight excluding hydrogens is 332 g/mol. The lowest BCUT2D eigenvalue weighted by Crippen LogP contribution is -2.50. The number of piperazine rings is 1. The first-order chi connectivity index (χ1) is 12.6. The number of amides is 2. The Morgan fingerprint density at radius 1 is 1.04 bits per heavy atom. The number of aromatic nitrogens is 1. The van der Waals surface area contributed by atoms with Crippen LogP contribution in [0, 0.1) is 0 Å². The summed E-state index contributed by atoms with van der Waals surface area (Å²) in [5.74, 6) is 0.719. The van der Waals surface area contributed by atoms with Crippen LogP contribution < -0.4 is 10.1 Å². The minimum Gasteiger partial charge on any atom is -0.497 e. The molecule has 0 bridgehead atoms. The molecule has 26 heavy (non-hydrogen) atoms. The number of methoxy groups -OCH3 is 1. The second-order valence-corrected chi connectivity index (χ2v) is 6.12. The molecule has 7 heteroatoms. The molecule has 0 unspecified atom stereocenters. The van der Waals surface area contributed by atoms with Crippen LogP contribution in [0.4, 0.5) is 11.4 Å². The Balaban J connectivity index is 1.69. The molecule has 1 aromatic carbocycles. The van der Waals surface area contributed by atoms with Crippen LogP contribution in [-0.4, -0.2) is 59.9 Å². The molecular formula is C19H22N4O3. The molecule has 1 aliphatic heterocycles. The fraction of sp³-hybridized carbons (Fsp3) is 0.316. The van der Waals surface area contributed by atoms with E-state index < -0.39 is 0 Å².